The van der Waals surface area contributed by atoms with Crippen LogP contribution in [0.5, 0.6) is 0 Å². The third kappa shape index (κ3) is 3.41. The number of halogens is 4. The van der Waals surface area contributed by atoms with E-state index < -0.39 is 10.8 Å². The Labute approximate surface area is 166 Å². The van der Waals surface area contributed by atoms with Crippen molar-refractivity contribution in [3.63, 3.8) is 0 Å². The van der Waals surface area contributed by atoms with Gasteiger partial charge in [0.15, 0.2) is 0 Å². The van der Waals surface area contributed by atoms with Gasteiger partial charge in [-0.2, -0.15) is 0 Å². The fraction of sp³-hybridized carbons (Fsp3) is 0. The van der Waals surface area contributed by atoms with Crippen molar-refractivity contribution >= 4 is 74.6 Å². The number of fused-ring (bicyclic) bond motifs is 1. The molecule has 3 rings (SSSR count). The number of pyridine rings is 1. The summed E-state index contributed by atoms with van der Waals surface area (Å²) in [5, 5.41) is 14.3. The van der Waals surface area contributed by atoms with Crippen LogP contribution < -0.4 is 5.32 Å². The van der Waals surface area contributed by atoms with Crippen LogP contribution in [-0.2, 0) is 0 Å². The minimum Gasteiger partial charge on any atom is -0.319 e. The lowest BCUT2D eigenvalue weighted by atomic mass is 10.1. The number of aromatic nitrogens is 1. The number of nitrogens with zero attached hydrogens (tertiary/aromatic N) is 2. The first kappa shape index (κ1) is 18.7. The van der Waals surface area contributed by atoms with Crippen molar-refractivity contribution in [1.82, 2.24) is 4.98 Å². The lowest BCUT2D eigenvalue weighted by Crippen LogP contribution is -2.14. The monoisotopic (exact) mass is 429 g/mol. The van der Waals surface area contributed by atoms with Crippen molar-refractivity contribution in [2.75, 3.05) is 5.32 Å². The SMILES string of the molecule is O=C(Nc1c(Cl)cc(Cl)c2cccnc12)c1c(Cl)cc([N+](=O)[O-])cc1Cl. The molecule has 0 radical (unpaired) electrons. The Kier molecular flexibility index (Phi) is 5.20. The number of anilines is 1. The summed E-state index contributed by atoms with van der Waals surface area (Å²) in [6.45, 7) is 0. The molecule has 0 aliphatic heterocycles. The number of non-ortho nitro benzene ring substituents is 1. The third-order valence-corrected chi connectivity index (χ3v) is 4.70. The number of nitro groups is 1. The highest BCUT2D eigenvalue weighted by atomic mass is 35.5. The van der Waals surface area contributed by atoms with Crippen LogP contribution in [0, 0.1) is 10.1 Å². The molecule has 1 heterocycles. The van der Waals surface area contributed by atoms with Crippen molar-refractivity contribution in [1.29, 1.82) is 0 Å². The molecule has 0 spiro atoms. The maximum absolute atomic E-state index is 12.6. The van der Waals surface area contributed by atoms with Crippen molar-refractivity contribution in [2.45, 2.75) is 0 Å². The molecule has 0 unspecified atom stereocenters. The summed E-state index contributed by atoms with van der Waals surface area (Å²) >= 11 is 24.3. The molecule has 0 aliphatic carbocycles. The lowest BCUT2D eigenvalue weighted by Gasteiger charge is -2.13. The summed E-state index contributed by atoms with van der Waals surface area (Å²) in [6.07, 6.45) is 1.52. The van der Waals surface area contributed by atoms with E-state index in [0.717, 1.165) is 12.1 Å². The van der Waals surface area contributed by atoms with Crippen LogP contribution in [0.1, 0.15) is 10.4 Å². The first-order chi connectivity index (χ1) is 12.3. The van der Waals surface area contributed by atoms with E-state index in [1.54, 1.807) is 12.1 Å². The van der Waals surface area contributed by atoms with E-state index in [1.165, 1.54) is 12.3 Å². The van der Waals surface area contributed by atoms with Gasteiger partial charge in [0, 0.05) is 23.7 Å². The Morgan fingerprint density at radius 1 is 1.04 bits per heavy atom. The second kappa shape index (κ2) is 7.25. The van der Waals surface area contributed by atoms with Gasteiger partial charge in [0.05, 0.1) is 41.8 Å². The summed E-state index contributed by atoms with van der Waals surface area (Å²) in [5.74, 6) is -0.689. The number of hydrogen-bond acceptors (Lipinski definition) is 4. The molecule has 3 aromatic rings. The van der Waals surface area contributed by atoms with Crippen molar-refractivity contribution < 1.29 is 9.72 Å². The zero-order valence-corrected chi connectivity index (χ0v) is 15.6. The zero-order valence-electron chi connectivity index (χ0n) is 12.6. The number of benzene rings is 2. The summed E-state index contributed by atoms with van der Waals surface area (Å²) in [5.41, 5.74) is 0.164. The lowest BCUT2D eigenvalue weighted by molar-refractivity contribution is -0.384. The summed E-state index contributed by atoms with van der Waals surface area (Å²) in [7, 11) is 0. The first-order valence-electron chi connectivity index (χ1n) is 6.97. The Morgan fingerprint density at radius 2 is 1.69 bits per heavy atom. The molecule has 0 atom stereocenters. The molecule has 0 fully saturated rings. The summed E-state index contributed by atoms with van der Waals surface area (Å²) in [6, 6.07) is 6.98. The zero-order chi connectivity index (χ0) is 19.0. The predicted molar refractivity (Wildman–Crippen MR) is 103 cm³/mol. The smallest absolute Gasteiger partial charge is 0.272 e. The van der Waals surface area contributed by atoms with Gasteiger partial charge >= 0.3 is 0 Å². The van der Waals surface area contributed by atoms with Gasteiger partial charge in [0.25, 0.3) is 11.6 Å². The van der Waals surface area contributed by atoms with Crippen LogP contribution >= 0.6 is 46.4 Å². The van der Waals surface area contributed by atoms with Crippen molar-refractivity contribution in [3.8, 4) is 0 Å². The number of nitro benzene ring substituents is 1. The second-order valence-electron chi connectivity index (χ2n) is 5.11. The van der Waals surface area contributed by atoms with Gasteiger partial charge < -0.3 is 5.32 Å². The second-order valence-corrected chi connectivity index (χ2v) is 6.74. The number of amides is 1. The van der Waals surface area contributed by atoms with Gasteiger partial charge in [-0.3, -0.25) is 19.9 Å². The molecule has 0 saturated heterocycles. The van der Waals surface area contributed by atoms with E-state index >= 15 is 0 Å². The van der Waals surface area contributed by atoms with Gasteiger partial charge in [0.1, 0.15) is 0 Å². The number of carbonyl (C=O) groups excluding carboxylic acids is 1. The van der Waals surface area contributed by atoms with Gasteiger partial charge in [-0.1, -0.05) is 46.4 Å². The van der Waals surface area contributed by atoms with Crippen LogP contribution in [0.4, 0.5) is 11.4 Å². The molecule has 1 aromatic heterocycles. The highest BCUT2D eigenvalue weighted by Gasteiger charge is 2.22. The maximum Gasteiger partial charge on any atom is 0.272 e. The standard InChI is InChI=1S/C16H7Cl4N3O3/c17-9-6-12(20)15(14-8(9)2-1-3-21-14)22-16(24)13-10(18)4-7(23(25)26)5-11(13)19/h1-6H,(H,22,24). The fourth-order valence-electron chi connectivity index (χ4n) is 2.35. The topological polar surface area (TPSA) is 85.1 Å². The van der Waals surface area contributed by atoms with Gasteiger partial charge in [-0.05, 0) is 18.2 Å². The third-order valence-electron chi connectivity index (χ3n) is 3.50. The van der Waals surface area contributed by atoms with Gasteiger partial charge in [-0.25, -0.2) is 0 Å². The van der Waals surface area contributed by atoms with Crippen LogP contribution in [0.15, 0.2) is 36.5 Å². The molecule has 132 valence electrons. The Hall–Kier alpha value is -2.12. The largest absolute Gasteiger partial charge is 0.319 e. The Bertz CT molecular complexity index is 1050. The maximum atomic E-state index is 12.6. The molecule has 0 aliphatic rings. The molecule has 0 saturated carbocycles. The molecule has 2 aromatic carbocycles. The average Bonchev–Trinajstić information content (AvgIpc) is 2.57. The molecule has 1 N–H and O–H groups in total. The van der Waals surface area contributed by atoms with Crippen LogP contribution in [0.3, 0.4) is 0 Å². The van der Waals surface area contributed by atoms with Crippen LogP contribution in [0.2, 0.25) is 20.1 Å². The molecule has 1 amide bonds. The number of rotatable bonds is 3. The highest BCUT2D eigenvalue weighted by Crippen LogP contribution is 2.36. The first-order valence-corrected chi connectivity index (χ1v) is 8.48. The minimum absolute atomic E-state index is 0.117. The summed E-state index contributed by atoms with van der Waals surface area (Å²) < 4.78 is 0. The highest BCUT2D eigenvalue weighted by molar-refractivity contribution is 6.43. The van der Waals surface area contributed by atoms with E-state index in [9.17, 15) is 14.9 Å². The van der Waals surface area contributed by atoms with Gasteiger partial charge in [-0.15, -0.1) is 0 Å². The van der Waals surface area contributed by atoms with Crippen molar-refractivity contribution in [3.05, 3.63) is 72.3 Å². The van der Waals surface area contributed by atoms with Crippen molar-refractivity contribution in [2.24, 2.45) is 0 Å². The normalized spacial score (nSPS) is 10.8. The van der Waals surface area contributed by atoms with E-state index in [1.807, 2.05) is 0 Å². The summed E-state index contributed by atoms with van der Waals surface area (Å²) in [4.78, 5) is 27.0. The predicted octanol–water partition coefficient (Wildman–Crippen LogP) is 6.01. The molecule has 10 heteroatoms. The van der Waals surface area contributed by atoms with E-state index in [0.29, 0.717) is 15.9 Å². The average molecular weight is 431 g/mol. The molecular formula is C16H7Cl4N3O3. The quantitative estimate of drug-likeness (QED) is 0.407. The molecule has 6 nitrogen and oxygen atoms in total. The molecular weight excluding hydrogens is 424 g/mol. The van der Waals surface area contributed by atoms with E-state index in [4.69, 9.17) is 46.4 Å². The fourth-order valence-corrected chi connectivity index (χ4v) is 3.56. The number of carbonyl (C=O) groups is 1. The van der Waals surface area contributed by atoms with E-state index in [-0.39, 0.29) is 32.0 Å². The number of nitrogens with one attached hydrogen (secondary N) is 1. The van der Waals surface area contributed by atoms with E-state index in [2.05, 4.69) is 10.3 Å². The Balaban J connectivity index is 2.07. The Morgan fingerprint density at radius 3 is 2.31 bits per heavy atom. The number of hydrogen-bond donors (Lipinski definition) is 1. The minimum atomic E-state index is -0.689. The van der Waals surface area contributed by atoms with Gasteiger partial charge in [0.2, 0.25) is 0 Å². The van der Waals surface area contributed by atoms with Crippen LogP contribution in [-0.4, -0.2) is 15.8 Å². The molecule has 26 heavy (non-hydrogen) atoms. The van der Waals surface area contributed by atoms with Crippen LogP contribution in [0.25, 0.3) is 10.9 Å². The molecule has 0 bridgehead atoms.